The lowest BCUT2D eigenvalue weighted by Gasteiger charge is -2.24. The van der Waals surface area contributed by atoms with E-state index in [1.807, 2.05) is 36.4 Å². The number of benzene rings is 2. The summed E-state index contributed by atoms with van der Waals surface area (Å²) in [5, 5.41) is 13.2. The van der Waals surface area contributed by atoms with Crippen molar-refractivity contribution in [3.05, 3.63) is 58.6 Å². The van der Waals surface area contributed by atoms with E-state index in [-0.39, 0.29) is 18.4 Å². The second-order valence-electron chi connectivity index (χ2n) is 5.24. The molecule has 3 rings (SSSR count). The maximum Gasteiger partial charge on any atom is 0.207 e. The number of para-hydroxylation sites is 1. The monoisotopic (exact) mass is 317 g/mol. The van der Waals surface area contributed by atoms with Gasteiger partial charge in [0.05, 0.1) is 6.61 Å². The van der Waals surface area contributed by atoms with Gasteiger partial charge in [-0.2, -0.15) is 0 Å². The lowest BCUT2D eigenvalue weighted by Crippen LogP contribution is -2.26. The molecule has 0 fully saturated rings. The van der Waals surface area contributed by atoms with Crippen LogP contribution in [0.1, 0.15) is 23.0 Å². The molecular formula is C17H16ClNO3. The van der Waals surface area contributed by atoms with Gasteiger partial charge >= 0.3 is 0 Å². The van der Waals surface area contributed by atoms with Crippen LogP contribution in [0.5, 0.6) is 11.5 Å². The molecule has 2 aromatic rings. The van der Waals surface area contributed by atoms with Gasteiger partial charge in [0.2, 0.25) is 6.41 Å². The molecule has 2 N–H and O–H groups in total. The summed E-state index contributed by atoms with van der Waals surface area (Å²) < 4.78 is 6.01. The minimum atomic E-state index is -0.204. The van der Waals surface area contributed by atoms with Gasteiger partial charge in [0.15, 0.2) is 0 Å². The molecule has 22 heavy (non-hydrogen) atoms. The highest BCUT2D eigenvalue weighted by Crippen LogP contribution is 2.46. The zero-order chi connectivity index (χ0) is 15.5. The first kappa shape index (κ1) is 14.9. The van der Waals surface area contributed by atoms with E-state index in [4.69, 9.17) is 16.3 Å². The number of amides is 1. The predicted octanol–water partition coefficient (Wildman–Crippen LogP) is 3.05. The highest BCUT2D eigenvalue weighted by Gasteiger charge is 2.32. The van der Waals surface area contributed by atoms with Crippen molar-refractivity contribution in [1.82, 2.24) is 5.32 Å². The van der Waals surface area contributed by atoms with E-state index < -0.39 is 0 Å². The third-order valence-corrected chi connectivity index (χ3v) is 4.25. The molecule has 0 saturated heterocycles. The van der Waals surface area contributed by atoms with E-state index >= 15 is 0 Å². The van der Waals surface area contributed by atoms with Crippen LogP contribution in [-0.4, -0.2) is 24.7 Å². The highest BCUT2D eigenvalue weighted by molar-refractivity contribution is 6.30. The van der Waals surface area contributed by atoms with E-state index in [0.29, 0.717) is 23.7 Å². The zero-order valence-corrected chi connectivity index (χ0v) is 12.6. The van der Waals surface area contributed by atoms with Crippen molar-refractivity contribution in [2.75, 3.05) is 13.2 Å². The number of nitrogens with one attached hydrogen (secondary N) is 1. The molecular weight excluding hydrogens is 302 g/mol. The number of hydrogen-bond donors (Lipinski definition) is 2. The van der Waals surface area contributed by atoms with Crippen molar-refractivity contribution >= 4 is 18.0 Å². The third-order valence-electron chi connectivity index (χ3n) is 4.01. The fourth-order valence-corrected chi connectivity index (χ4v) is 3.17. The molecule has 114 valence electrons. The number of carbonyl (C=O) groups excluding carboxylic acids is 1. The molecule has 0 spiro atoms. The first-order valence-corrected chi connectivity index (χ1v) is 7.46. The topological polar surface area (TPSA) is 58.6 Å². The number of ether oxygens (including phenoxy) is 1. The molecule has 1 aliphatic heterocycles. The van der Waals surface area contributed by atoms with Gasteiger partial charge in [0.1, 0.15) is 11.5 Å². The molecule has 0 radical (unpaired) electrons. The number of carbonyl (C=O) groups is 1. The molecule has 2 unspecified atom stereocenters. The predicted molar refractivity (Wildman–Crippen MR) is 84.6 cm³/mol. The molecule has 0 aromatic heterocycles. The van der Waals surface area contributed by atoms with Gasteiger partial charge in [-0.25, -0.2) is 0 Å². The van der Waals surface area contributed by atoms with Crippen LogP contribution in [0.15, 0.2) is 42.5 Å². The summed E-state index contributed by atoms with van der Waals surface area (Å²) >= 11 is 6.11. The smallest absolute Gasteiger partial charge is 0.207 e. The summed E-state index contributed by atoms with van der Waals surface area (Å²) in [5.41, 5.74) is 1.81. The molecule has 0 aliphatic carbocycles. The Balaban J connectivity index is 2.15. The molecule has 0 saturated carbocycles. The van der Waals surface area contributed by atoms with Crippen LogP contribution in [0.25, 0.3) is 0 Å². The van der Waals surface area contributed by atoms with Gasteiger partial charge in [0.25, 0.3) is 0 Å². The summed E-state index contributed by atoms with van der Waals surface area (Å²) in [6.45, 7) is 0.358. The normalized spacial score (nSPS) is 19.4. The molecule has 1 amide bonds. The molecule has 4 nitrogen and oxygen atoms in total. The van der Waals surface area contributed by atoms with Gasteiger partial charge < -0.3 is 15.2 Å². The Morgan fingerprint density at radius 1 is 1.14 bits per heavy atom. The minimum absolute atomic E-state index is 0.0593. The van der Waals surface area contributed by atoms with E-state index in [2.05, 4.69) is 5.32 Å². The van der Waals surface area contributed by atoms with Crippen molar-refractivity contribution in [3.8, 4) is 11.5 Å². The second-order valence-corrected chi connectivity index (χ2v) is 5.68. The van der Waals surface area contributed by atoms with Gasteiger partial charge in [-0.3, -0.25) is 4.79 Å². The zero-order valence-electron chi connectivity index (χ0n) is 11.8. The van der Waals surface area contributed by atoms with Crippen LogP contribution in [-0.2, 0) is 4.79 Å². The molecule has 0 bridgehead atoms. The quantitative estimate of drug-likeness (QED) is 0.852. The Hall–Kier alpha value is -2.04. The number of fused-ring (bicyclic) bond motifs is 2. The van der Waals surface area contributed by atoms with Gasteiger partial charge in [0, 0.05) is 34.5 Å². The SMILES string of the molecule is O=CNCC1c2ccccc2Oc2ccc(Cl)cc2C1CO. The minimum Gasteiger partial charge on any atom is -0.457 e. The van der Waals surface area contributed by atoms with Crippen LogP contribution >= 0.6 is 11.6 Å². The largest absolute Gasteiger partial charge is 0.457 e. The summed E-state index contributed by atoms with van der Waals surface area (Å²) in [7, 11) is 0. The lowest BCUT2D eigenvalue weighted by molar-refractivity contribution is -0.109. The number of rotatable bonds is 4. The maximum absolute atomic E-state index is 10.7. The summed E-state index contributed by atoms with van der Waals surface area (Å²) in [5.74, 6) is 1.13. The van der Waals surface area contributed by atoms with Crippen molar-refractivity contribution in [3.63, 3.8) is 0 Å². The van der Waals surface area contributed by atoms with Crippen LogP contribution in [0.4, 0.5) is 0 Å². The Labute approximate surface area is 133 Å². The van der Waals surface area contributed by atoms with Crippen molar-refractivity contribution in [2.45, 2.75) is 11.8 Å². The van der Waals surface area contributed by atoms with Gasteiger partial charge in [-0.05, 0) is 24.3 Å². The average molecular weight is 318 g/mol. The first-order chi connectivity index (χ1) is 10.7. The Kier molecular flexibility index (Phi) is 4.32. The number of halogens is 1. The summed E-state index contributed by atoms with van der Waals surface area (Å²) in [4.78, 5) is 10.7. The standard InChI is InChI=1S/C17H16ClNO3/c18-11-5-6-17-13(7-11)15(9-20)14(8-19-10-21)12-3-1-2-4-16(12)22-17/h1-7,10,14-15,20H,8-9H2,(H,19,21). The fraction of sp³-hybridized carbons (Fsp3) is 0.235. The first-order valence-electron chi connectivity index (χ1n) is 7.08. The van der Waals surface area contributed by atoms with Crippen LogP contribution < -0.4 is 10.1 Å². The van der Waals surface area contributed by atoms with Crippen LogP contribution in [0, 0.1) is 0 Å². The number of hydrogen-bond acceptors (Lipinski definition) is 3. The Morgan fingerprint density at radius 2 is 1.91 bits per heavy atom. The molecule has 1 heterocycles. The van der Waals surface area contributed by atoms with E-state index in [1.165, 1.54) is 0 Å². The van der Waals surface area contributed by atoms with Crippen LogP contribution in [0.2, 0.25) is 5.02 Å². The molecule has 2 atom stereocenters. The Morgan fingerprint density at radius 3 is 2.68 bits per heavy atom. The van der Waals surface area contributed by atoms with Crippen LogP contribution in [0.3, 0.4) is 0 Å². The van der Waals surface area contributed by atoms with Crippen molar-refractivity contribution in [1.29, 1.82) is 0 Å². The average Bonchev–Trinajstić information content (AvgIpc) is 2.66. The van der Waals surface area contributed by atoms with Gasteiger partial charge in [-0.1, -0.05) is 29.8 Å². The summed E-state index contributed by atoms with van der Waals surface area (Å²) in [6, 6.07) is 13.1. The van der Waals surface area contributed by atoms with Gasteiger partial charge in [-0.15, -0.1) is 0 Å². The molecule has 1 aliphatic rings. The van der Waals surface area contributed by atoms with E-state index in [9.17, 15) is 9.90 Å². The van der Waals surface area contributed by atoms with E-state index in [1.54, 1.807) is 6.07 Å². The highest BCUT2D eigenvalue weighted by atomic mass is 35.5. The fourth-order valence-electron chi connectivity index (χ4n) is 2.99. The second kappa shape index (κ2) is 6.38. The lowest BCUT2D eigenvalue weighted by atomic mass is 9.82. The number of aliphatic hydroxyl groups is 1. The molecule has 2 aromatic carbocycles. The van der Waals surface area contributed by atoms with Crippen molar-refractivity contribution < 1.29 is 14.6 Å². The Bertz CT molecular complexity index is 689. The van der Waals surface area contributed by atoms with Crippen molar-refractivity contribution in [2.24, 2.45) is 0 Å². The number of aliphatic hydroxyl groups excluding tert-OH is 1. The summed E-state index contributed by atoms with van der Waals surface area (Å²) in [6.07, 6.45) is 0.668. The third kappa shape index (κ3) is 2.67. The molecule has 5 heteroatoms. The maximum atomic E-state index is 10.7. The van der Waals surface area contributed by atoms with E-state index in [0.717, 1.165) is 16.9 Å².